The quantitative estimate of drug-likeness (QED) is 0.485. The van der Waals surface area contributed by atoms with E-state index in [1.807, 2.05) is 69.0 Å². The molecule has 4 rings (SSSR count). The Labute approximate surface area is 180 Å². The summed E-state index contributed by atoms with van der Waals surface area (Å²) in [6.45, 7) is 5.82. The highest BCUT2D eigenvalue weighted by atomic mass is 16.5. The van der Waals surface area contributed by atoms with E-state index < -0.39 is 0 Å². The lowest BCUT2D eigenvalue weighted by atomic mass is 10.1. The maximum Gasteiger partial charge on any atom is 0.142 e. The van der Waals surface area contributed by atoms with Crippen LogP contribution in [-0.2, 0) is 7.05 Å². The van der Waals surface area contributed by atoms with Crippen molar-refractivity contribution in [2.24, 2.45) is 7.05 Å². The fourth-order valence-corrected chi connectivity index (χ4v) is 3.29. The lowest BCUT2D eigenvalue weighted by Gasteiger charge is -2.13. The predicted octanol–water partition coefficient (Wildman–Crippen LogP) is 4.09. The molecule has 0 saturated heterocycles. The molecule has 0 unspecified atom stereocenters. The van der Waals surface area contributed by atoms with Crippen LogP contribution in [-0.4, -0.2) is 36.8 Å². The van der Waals surface area contributed by atoms with Crippen molar-refractivity contribution in [1.29, 1.82) is 0 Å². The maximum absolute atomic E-state index is 5.61. The highest BCUT2D eigenvalue weighted by molar-refractivity contribution is 5.74. The standard InChI is InChI=1S/C22H24N8O/c1-13-8-22(27-15(3)26-13)29-21-10-20(23-12-24-21)28-18-7-6-16(9-19(18)31-5)17-11-25-30(4)14(17)2/h6-12H,1-5H3,(H2,23,24,26,27,28,29). The van der Waals surface area contributed by atoms with Crippen molar-refractivity contribution >= 4 is 23.1 Å². The van der Waals surface area contributed by atoms with Crippen molar-refractivity contribution in [2.45, 2.75) is 20.8 Å². The van der Waals surface area contributed by atoms with Gasteiger partial charge in [0.2, 0.25) is 0 Å². The number of anilines is 4. The molecule has 9 heteroatoms. The fourth-order valence-electron chi connectivity index (χ4n) is 3.29. The average Bonchev–Trinajstić information content (AvgIpc) is 3.06. The second-order valence-electron chi connectivity index (χ2n) is 7.16. The number of aryl methyl sites for hydroxylation is 3. The van der Waals surface area contributed by atoms with Crippen molar-refractivity contribution in [3.05, 3.63) is 60.1 Å². The van der Waals surface area contributed by atoms with Crippen molar-refractivity contribution in [2.75, 3.05) is 17.7 Å². The molecule has 0 atom stereocenters. The smallest absolute Gasteiger partial charge is 0.142 e. The van der Waals surface area contributed by atoms with Gasteiger partial charge < -0.3 is 15.4 Å². The van der Waals surface area contributed by atoms with Gasteiger partial charge in [-0.15, -0.1) is 0 Å². The Morgan fingerprint density at radius 1 is 0.903 bits per heavy atom. The third-order valence-electron chi connectivity index (χ3n) is 4.90. The monoisotopic (exact) mass is 416 g/mol. The molecule has 1 aromatic carbocycles. The van der Waals surface area contributed by atoms with E-state index in [0.29, 0.717) is 29.0 Å². The second-order valence-corrected chi connectivity index (χ2v) is 7.16. The predicted molar refractivity (Wildman–Crippen MR) is 120 cm³/mol. The Bertz CT molecular complexity index is 1210. The third-order valence-corrected chi connectivity index (χ3v) is 4.90. The Hall–Kier alpha value is -4.01. The number of aromatic nitrogens is 6. The molecule has 0 saturated carbocycles. The molecule has 0 aliphatic rings. The molecule has 0 amide bonds. The lowest BCUT2D eigenvalue weighted by Crippen LogP contribution is -2.02. The maximum atomic E-state index is 5.61. The molecule has 0 fully saturated rings. The molecule has 0 aliphatic carbocycles. The van der Waals surface area contributed by atoms with Crippen LogP contribution in [0.15, 0.2) is 42.9 Å². The number of rotatable bonds is 6. The zero-order valence-corrected chi connectivity index (χ0v) is 18.1. The second kappa shape index (κ2) is 8.39. The number of ether oxygens (including phenoxy) is 1. The first-order valence-electron chi connectivity index (χ1n) is 9.78. The van der Waals surface area contributed by atoms with Crippen LogP contribution in [0.3, 0.4) is 0 Å². The van der Waals surface area contributed by atoms with Crippen LogP contribution < -0.4 is 15.4 Å². The Morgan fingerprint density at radius 2 is 1.68 bits per heavy atom. The molecule has 3 heterocycles. The van der Waals surface area contributed by atoms with Crippen molar-refractivity contribution in [1.82, 2.24) is 29.7 Å². The van der Waals surface area contributed by atoms with Gasteiger partial charge in [0.1, 0.15) is 35.4 Å². The summed E-state index contributed by atoms with van der Waals surface area (Å²) in [5.74, 6) is 3.34. The Kier molecular flexibility index (Phi) is 5.48. The highest BCUT2D eigenvalue weighted by Gasteiger charge is 2.11. The molecule has 0 radical (unpaired) electrons. The van der Waals surface area contributed by atoms with E-state index >= 15 is 0 Å². The fraction of sp³-hybridized carbons (Fsp3) is 0.227. The molecule has 2 N–H and O–H groups in total. The molecule has 31 heavy (non-hydrogen) atoms. The van der Waals surface area contributed by atoms with Gasteiger partial charge in [-0.25, -0.2) is 19.9 Å². The van der Waals surface area contributed by atoms with E-state index in [-0.39, 0.29) is 0 Å². The minimum atomic E-state index is 0.622. The van der Waals surface area contributed by atoms with Crippen molar-refractivity contribution < 1.29 is 4.74 Å². The normalized spacial score (nSPS) is 10.7. The van der Waals surface area contributed by atoms with Gasteiger partial charge in [-0.1, -0.05) is 6.07 Å². The summed E-state index contributed by atoms with van der Waals surface area (Å²) in [4.78, 5) is 17.3. The molecule has 0 spiro atoms. The van der Waals surface area contributed by atoms with Crippen LogP contribution in [0.25, 0.3) is 11.1 Å². The SMILES string of the molecule is COc1cc(-c2cnn(C)c2C)ccc1Nc1cc(Nc2cc(C)nc(C)n2)ncn1. The zero-order valence-electron chi connectivity index (χ0n) is 18.1. The van der Waals surface area contributed by atoms with Crippen LogP contribution >= 0.6 is 0 Å². The lowest BCUT2D eigenvalue weighted by molar-refractivity contribution is 0.417. The van der Waals surface area contributed by atoms with Crippen molar-refractivity contribution in [3.63, 3.8) is 0 Å². The zero-order chi connectivity index (χ0) is 22.0. The van der Waals surface area contributed by atoms with E-state index in [0.717, 1.165) is 28.2 Å². The minimum Gasteiger partial charge on any atom is -0.495 e. The van der Waals surface area contributed by atoms with Gasteiger partial charge in [0.15, 0.2) is 0 Å². The molecule has 158 valence electrons. The summed E-state index contributed by atoms with van der Waals surface area (Å²) in [5, 5.41) is 10.8. The Morgan fingerprint density at radius 3 is 2.35 bits per heavy atom. The van der Waals surface area contributed by atoms with Gasteiger partial charge in [0, 0.05) is 36.1 Å². The van der Waals surface area contributed by atoms with E-state index in [1.54, 1.807) is 7.11 Å². The summed E-state index contributed by atoms with van der Waals surface area (Å²) in [5.41, 5.74) is 4.87. The first-order chi connectivity index (χ1) is 14.9. The molecular weight excluding hydrogens is 392 g/mol. The van der Waals surface area contributed by atoms with E-state index in [9.17, 15) is 0 Å². The highest BCUT2D eigenvalue weighted by Crippen LogP contribution is 2.33. The van der Waals surface area contributed by atoms with Crippen LogP contribution in [0.5, 0.6) is 5.75 Å². The van der Waals surface area contributed by atoms with Crippen LogP contribution in [0.2, 0.25) is 0 Å². The van der Waals surface area contributed by atoms with E-state index in [1.165, 1.54) is 6.33 Å². The molecule has 4 aromatic rings. The molecule has 9 nitrogen and oxygen atoms in total. The van der Waals surface area contributed by atoms with Crippen LogP contribution in [0, 0.1) is 20.8 Å². The number of hydrogen-bond acceptors (Lipinski definition) is 8. The van der Waals surface area contributed by atoms with Crippen molar-refractivity contribution in [3.8, 4) is 16.9 Å². The van der Waals surface area contributed by atoms with E-state index in [4.69, 9.17) is 4.74 Å². The average molecular weight is 416 g/mol. The van der Waals surface area contributed by atoms with Gasteiger partial charge in [-0.05, 0) is 38.5 Å². The topological polar surface area (TPSA) is 103 Å². The summed E-state index contributed by atoms with van der Waals surface area (Å²) < 4.78 is 7.46. The van der Waals surface area contributed by atoms with Gasteiger partial charge in [-0.2, -0.15) is 5.10 Å². The minimum absolute atomic E-state index is 0.622. The molecule has 3 aromatic heterocycles. The van der Waals surface area contributed by atoms with Gasteiger partial charge in [0.25, 0.3) is 0 Å². The number of benzene rings is 1. The number of nitrogens with one attached hydrogen (secondary N) is 2. The van der Waals surface area contributed by atoms with E-state index in [2.05, 4.69) is 35.7 Å². The summed E-state index contributed by atoms with van der Waals surface area (Å²) in [6, 6.07) is 9.66. The first-order valence-corrected chi connectivity index (χ1v) is 9.78. The number of nitrogens with zero attached hydrogens (tertiary/aromatic N) is 6. The summed E-state index contributed by atoms with van der Waals surface area (Å²) in [7, 11) is 3.57. The number of methoxy groups -OCH3 is 1. The van der Waals surface area contributed by atoms with Gasteiger partial charge in [0.05, 0.1) is 19.0 Å². The number of hydrogen-bond donors (Lipinski definition) is 2. The van der Waals surface area contributed by atoms with Crippen LogP contribution in [0.4, 0.5) is 23.1 Å². The first kappa shape index (κ1) is 20.3. The van der Waals surface area contributed by atoms with Gasteiger partial charge >= 0.3 is 0 Å². The molecule has 0 aliphatic heterocycles. The Balaban J connectivity index is 1.57. The molecular formula is C22H24N8O. The third kappa shape index (κ3) is 4.45. The summed E-state index contributed by atoms with van der Waals surface area (Å²) in [6.07, 6.45) is 3.35. The van der Waals surface area contributed by atoms with Crippen LogP contribution in [0.1, 0.15) is 17.2 Å². The summed E-state index contributed by atoms with van der Waals surface area (Å²) >= 11 is 0. The van der Waals surface area contributed by atoms with Gasteiger partial charge in [-0.3, -0.25) is 4.68 Å². The molecule has 0 bridgehead atoms. The largest absolute Gasteiger partial charge is 0.495 e.